The Balaban J connectivity index is 2.29. The summed E-state index contributed by atoms with van der Waals surface area (Å²) >= 11 is 0. The van der Waals surface area contributed by atoms with Gasteiger partial charge < -0.3 is 19.1 Å². The van der Waals surface area contributed by atoms with Gasteiger partial charge in [0.15, 0.2) is 0 Å². The fourth-order valence-corrected chi connectivity index (χ4v) is 5.67. The Bertz CT molecular complexity index is 928. The molecule has 0 aromatic heterocycles. The molecule has 1 N–H and O–H groups in total. The zero-order valence-electron chi connectivity index (χ0n) is 15.8. The lowest BCUT2D eigenvalue weighted by Crippen LogP contribution is -2.30. The Morgan fingerprint density at radius 1 is 1.25 bits per heavy atom. The van der Waals surface area contributed by atoms with Gasteiger partial charge >= 0.3 is 13.6 Å². The van der Waals surface area contributed by atoms with Crippen LogP contribution in [0.25, 0.3) is 0 Å². The predicted octanol–water partition coefficient (Wildman–Crippen LogP) is 3.59. The minimum Gasteiger partial charge on any atom is -0.466 e. The van der Waals surface area contributed by atoms with Crippen LogP contribution in [0.15, 0.2) is 46.5 Å². The monoisotopic (exact) mass is 408 g/mol. The lowest BCUT2D eigenvalue weighted by molar-refractivity contribution is -0.385. The number of esters is 1. The highest BCUT2D eigenvalue weighted by Crippen LogP contribution is 2.65. The molecule has 2 aliphatic heterocycles. The van der Waals surface area contributed by atoms with E-state index >= 15 is 0 Å². The number of rotatable bonds is 4. The highest BCUT2D eigenvalue weighted by Gasteiger charge is 2.47. The molecule has 28 heavy (non-hydrogen) atoms. The van der Waals surface area contributed by atoms with E-state index in [0.717, 1.165) is 0 Å². The quantitative estimate of drug-likeness (QED) is 0.348. The summed E-state index contributed by atoms with van der Waals surface area (Å²) in [7, 11) is -2.56. The van der Waals surface area contributed by atoms with E-state index in [2.05, 4.69) is 5.32 Å². The third kappa shape index (κ3) is 3.48. The van der Waals surface area contributed by atoms with Crippen molar-refractivity contribution in [1.29, 1.82) is 0 Å². The Hall–Kier alpha value is -2.48. The first-order valence-electron chi connectivity index (χ1n) is 8.70. The van der Waals surface area contributed by atoms with Gasteiger partial charge in [-0.3, -0.25) is 14.7 Å². The molecule has 1 aromatic rings. The fraction of sp³-hybridized carbons (Fsp3) is 0.389. The summed E-state index contributed by atoms with van der Waals surface area (Å²) in [6.07, 6.45) is 0.582. The second kappa shape index (κ2) is 7.87. The van der Waals surface area contributed by atoms with E-state index in [1.165, 1.54) is 25.3 Å². The van der Waals surface area contributed by atoms with E-state index in [1.54, 1.807) is 19.9 Å². The maximum Gasteiger partial charge on any atom is 0.360 e. The molecule has 150 valence electrons. The maximum absolute atomic E-state index is 13.5. The zero-order valence-corrected chi connectivity index (χ0v) is 16.7. The molecule has 2 aliphatic rings. The summed E-state index contributed by atoms with van der Waals surface area (Å²) in [5.41, 5.74) is 1.08. The Labute approximate surface area is 162 Å². The van der Waals surface area contributed by atoms with Crippen LogP contribution in [0.2, 0.25) is 0 Å². The number of ether oxygens (including phenoxy) is 1. The molecule has 0 aliphatic carbocycles. The Morgan fingerprint density at radius 2 is 1.89 bits per heavy atom. The van der Waals surface area contributed by atoms with Crippen LogP contribution in [0.1, 0.15) is 31.7 Å². The number of carbonyl (C=O) groups is 1. The minimum atomic E-state index is -3.78. The number of nitro benzene ring substituents is 1. The number of methoxy groups -OCH3 is 1. The van der Waals surface area contributed by atoms with Gasteiger partial charge in [0.25, 0.3) is 5.69 Å². The van der Waals surface area contributed by atoms with Crippen LogP contribution >= 0.6 is 7.60 Å². The molecule has 1 aromatic carbocycles. The van der Waals surface area contributed by atoms with Crippen LogP contribution in [0.3, 0.4) is 0 Å². The van der Waals surface area contributed by atoms with Crippen LogP contribution in [-0.2, 0) is 23.1 Å². The predicted molar refractivity (Wildman–Crippen MR) is 101 cm³/mol. The second-order valence-electron chi connectivity index (χ2n) is 6.43. The lowest BCUT2D eigenvalue weighted by Gasteiger charge is -2.35. The minimum absolute atomic E-state index is 0.130. The lowest BCUT2D eigenvalue weighted by atomic mass is 9.85. The van der Waals surface area contributed by atoms with E-state index in [9.17, 15) is 19.5 Å². The SMILES string of the molecule is COC(=O)C1=C(C)NC(C)=C(P2(=O)OCCCO2)C1c1ccccc1[N+](=O)[O-]. The van der Waals surface area contributed by atoms with Gasteiger partial charge in [-0.25, -0.2) is 4.79 Å². The van der Waals surface area contributed by atoms with Crippen molar-refractivity contribution in [2.24, 2.45) is 0 Å². The van der Waals surface area contributed by atoms with Crippen molar-refractivity contribution in [3.8, 4) is 0 Å². The number of hydrogen-bond acceptors (Lipinski definition) is 8. The fourth-order valence-electron chi connectivity index (χ4n) is 3.53. The molecule has 0 saturated carbocycles. The van der Waals surface area contributed by atoms with Gasteiger partial charge in [0, 0.05) is 23.0 Å². The molecule has 1 saturated heterocycles. The third-order valence-corrected chi connectivity index (χ3v) is 6.91. The van der Waals surface area contributed by atoms with Gasteiger partial charge in [0.2, 0.25) is 0 Å². The van der Waals surface area contributed by atoms with Gasteiger partial charge in [0.05, 0.1) is 42.1 Å². The van der Waals surface area contributed by atoms with E-state index in [4.69, 9.17) is 13.8 Å². The molecule has 1 atom stereocenters. The molecule has 0 amide bonds. The Morgan fingerprint density at radius 3 is 2.50 bits per heavy atom. The average molecular weight is 408 g/mol. The number of para-hydroxylation sites is 1. The summed E-state index contributed by atoms with van der Waals surface area (Å²) in [4.78, 5) is 23.7. The number of nitrogens with zero attached hydrogens (tertiary/aromatic N) is 1. The van der Waals surface area contributed by atoms with Crippen molar-refractivity contribution in [1.82, 2.24) is 5.32 Å². The van der Waals surface area contributed by atoms with Crippen LogP contribution in [0.4, 0.5) is 5.69 Å². The zero-order chi connectivity index (χ0) is 20.5. The van der Waals surface area contributed by atoms with Gasteiger partial charge in [-0.1, -0.05) is 18.2 Å². The van der Waals surface area contributed by atoms with Crippen molar-refractivity contribution in [3.05, 3.63) is 62.2 Å². The topological polar surface area (TPSA) is 117 Å². The second-order valence-corrected chi connectivity index (χ2v) is 8.43. The number of dihydropyridines is 1. The third-order valence-electron chi connectivity index (χ3n) is 4.68. The number of hydrogen-bond donors (Lipinski definition) is 1. The van der Waals surface area contributed by atoms with Gasteiger partial charge in [-0.15, -0.1) is 0 Å². The average Bonchev–Trinajstić information content (AvgIpc) is 2.67. The summed E-state index contributed by atoms with van der Waals surface area (Å²) in [5, 5.41) is 14.9. The highest BCUT2D eigenvalue weighted by molar-refractivity contribution is 7.58. The van der Waals surface area contributed by atoms with Gasteiger partial charge in [-0.2, -0.15) is 0 Å². The summed E-state index contributed by atoms with van der Waals surface area (Å²) in [6, 6.07) is 6.03. The van der Waals surface area contributed by atoms with Crippen molar-refractivity contribution >= 4 is 19.3 Å². The van der Waals surface area contributed by atoms with Crippen LogP contribution < -0.4 is 5.32 Å². The molecule has 2 heterocycles. The first-order chi connectivity index (χ1) is 13.3. The van der Waals surface area contributed by atoms with Gasteiger partial charge in [-0.05, 0) is 20.3 Å². The molecule has 3 rings (SSSR count). The van der Waals surface area contributed by atoms with Gasteiger partial charge in [0.1, 0.15) is 0 Å². The number of nitrogens with one attached hydrogen (secondary N) is 1. The van der Waals surface area contributed by atoms with Crippen molar-refractivity contribution in [3.63, 3.8) is 0 Å². The van der Waals surface area contributed by atoms with Crippen LogP contribution in [0.5, 0.6) is 0 Å². The molecule has 10 heteroatoms. The number of nitro groups is 1. The highest BCUT2D eigenvalue weighted by atomic mass is 31.2. The van der Waals surface area contributed by atoms with E-state index in [1.807, 2.05) is 0 Å². The maximum atomic E-state index is 13.5. The molecule has 1 unspecified atom stereocenters. The van der Waals surface area contributed by atoms with Crippen LogP contribution in [-0.4, -0.2) is 31.2 Å². The summed E-state index contributed by atoms with van der Waals surface area (Å²) < 4.78 is 29.5. The summed E-state index contributed by atoms with van der Waals surface area (Å²) in [5.74, 6) is -1.68. The van der Waals surface area contributed by atoms with Crippen LogP contribution in [0, 0.1) is 10.1 Å². The first-order valence-corrected chi connectivity index (χ1v) is 10.2. The van der Waals surface area contributed by atoms with Crippen molar-refractivity contribution < 1.29 is 28.1 Å². The molecule has 0 spiro atoms. The molecular formula is C18H21N2O7P. The van der Waals surface area contributed by atoms with E-state index < -0.39 is 24.4 Å². The molecule has 1 fully saturated rings. The van der Waals surface area contributed by atoms with E-state index in [0.29, 0.717) is 17.8 Å². The van der Waals surface area contributed by atoms with Crippen molar-refractivity contribution in [2.45, 2.75) is 26.2 Å². The molecular weight excluding hydrogens is 387 g/mol. The first kappa shape index (κ1) is 20.3. The Kier molecular flexibility index (Phi) is 5.69. The molecule has 0 bridgehead atoms. The standard InChI is InChI=1S/C18H21N2O7P/c1-11-15(18(21)25-3)16(13-7-4-5-8-14(13)20(22)23)17(12(2)19-11)28(24)26-9-6-10-27-28/h4-5,7-8,16,19H,6,9-10H2,1-3H3. The molecule has 9 nitrogen and oxygen atoms in total. The summed E-state index contributed by atoms with van der Waals surface area (Å²) in [6.45, 7) is 3.80. The number of carbonyl (C=O) groups excluding carboxylic acids is 1. The molecule has 0 radical (unpaired) electrons. The largest absolute Gasteiger partial charge is 0.466 e. The smallest absolute Gasteiger partial charge is 0.360 e. The van der Waals surface area contributed by atoms with E-state index in [-0.39, 0.29) is 35.4 Å². The normalized spacial score (nSPS) is 21.9. The number of benzene rings is 1. The van der Waals surface area contributed by atoms with Crippen molar-refractivity contribution in [2.75, 3.05) is 20.3 Å². The number of allylic oxidation sites excluding steroid dienone is 3.